The number of hydrogen-bond donors (Lipinski definition) is 1. The highest BCUT2D eigenvalue weighted by Gasteiger charge is 2.32. The van der Waals surface area contributed by atoms with Gasteiger partial charge in [0.15, 0.2) is 0 Å². The number of benzene rings is 1. The van der Waals surface area contributed by atoms with Crippen LogP contribution in [0.5, 0.6) is 0 Å². The van der Waals surface area contributed by atoms with Crippen LogP contribution in [0.25, 0.3) is 0 Å². The Morgan fingerprint density at radius 2 is 1.93 bits per heavy atom. The van der Waals surface area contributed by atoms with Crippen LogP contribution in [0.4, 0.5) is 4.79 Å². The van der Waals surface area contributed by atoms with E-state index in [0.717, 1.165) is 38.4 Å². The molecule has 2 fully saturated rings. The first-order valence-electron chi connectivity index (χ1n) is 10.6. The lowest BCUT2D eigenvalue weighted by Gasteiger charge is -2.42. The van der Waals surface area contributed by atoms with Gasteiger partial charge in [0.1, 0.15) is 6.61 Å². The molecule has 0 aromatic heterocycles. The first-order valence-corrected chi connectivity index (χ1v) is 10.6. The molecule has 7 heteroatoms. The minimum atomic E-state index is -0.275. The zero-order chi connectivity index (χ0) is 20.7. The van der Waals surface area contributed by atoms with E-state index in [-0.39, 0.29) is 23.8 Å². The van der Waals surface area contributed by atoms with Gasteiger partial charge in [0.2, 0.25) is 0 Å². The first kappa shape index (κ1) is 22.0. The molecule has 0 bridgehead atoms. The number of amides is 1. The van der Waals surface area contributed by atoms with Crippen LogP contribution >= 0.6 is 0 Å². The number of hydrogen-bond acceptors (Lipinski definition) is 6. The van der Waals surface area contributed by atoms with Crippen molar-refractivity contribution in [2.75, 3.05) is 52.5 Å². The van der Waals surface area contributed by atoms with E-state index in [9.17, 15) is 4.79 Å². The molecule has 0 saturated carbocycles. The average molecular weight is 406 g/mol. The van der Waals surface area contributed by atoms with Gasteiger partial charge in [0.25, 0.3) is 0 Å². The lowest BCUT2D eigenvalue weighted by molar-refractivity contribution is -0.0462. The third-order valence-corrected chi connectivity index (χ3v) is 5.84. The molecule has 1 N–H and O–H groups in total. The number of rotatable bonds is 7. The van der Waals surface area contributed by atoms with Crippen LogP contribution in [0, 0.1) is 0 Å². The van der Waals surface area contributed by atoms with E-state index in [0.29, 0.717) is 26.3 Å². The monoisotopic (exact) mass is 405 g/mol. The molecule has 0 aliphatic carbocycles. The van der Waals surface area contributed by atoms with E-state index >= 15 is 0 Å². The third kappa shape index (κ3) is 6.40. The largest absolute Gasteiger partial charge is 0.445 e. The molecule has 2 unspecified atom stereocenters. The van der Waals surface area contributed by atoms with Crippen molar-refractivity contribution in [3.8, 4) is 0 Å². The highest BCUT2D eigenvalue weighted by atomic mass is 16.6. The van der Waals surface area contributed by atoms with Crippen molar-refractivity contribution in [1.29, 1.82) is 0 Å². The van der Waals surface area contributed by atoms with Gasteiger partial charge >= 0.3 is 6.09 Å². The number of nitrogens with one attached hydrogen (secondary N) is 1. The Morgan fingerprint density at radius 3 is 2.66 bits per heavy atom. The summed E-state index contributed by atoms with van der Waals surface area (Å²) in [7, 11) is 0. The van der Waals surface area contributed by atoms with Gasteiger partial charge in [-0.15, -0.1) is 0 Å². The molecule has 162 valence electrons. The standard InChI is InChI=1S/C22H35N3O4/c1-18(23-17-22(2,3)25-10-12-27-13-11-25)20-15-24(9-14-28-20)21(26)29-16-19-7-5-4-6-8-19/h4-8,18,20,23H,9-17H2,1-3H3. The smallest absolute Gasteiger partial charge is 0.410 e. The summed E-state index contributed by atoms with van der Waals surface area (Å²) in [5.41, 5.74) is 1.03. The number of carbonyl (C=O) groups is 1. The molecule has 2 atom stereocenters. The second-order valence-corrected chi connectivity index (χ2v) is 8.48. The van der Waals surface area contributed by atoms with Crippen molar-refractivity contribution in [3.63, 3.8) is 0 Å². The SMILES string of the molecule is CC(NCC(C)(C)N1CCOCC1)C1CN(C(=O)OCc2ccccc2)CCO1. The van der Waals surface area contributed by atoms with Crippen molar-refractivity contribution in [3.05, 3.63) is 35.9 Å². The fraction of sp³-hybridized carbons (Fsp3) is 0.682. The molecule has 0 spiro atoms. The normalized spacial score (nSPS) is 22.3. The lowest BCUT2D eigenvalue weighted by atomic mass is 10.0. The minimum absolute atomic E-state index is 0.0427. The summed E-state index contributed by atoms with van der Waals surface area (Å²) < 4.78 is 16.9. The maximum Gasteiger partial charge on any atom is 0.410 e. The maximum absolute atomic E-state index is 12.5. The van der Waals surface area contributed by atoms with Gasteiger partial charge < -0.3 is 24.4 Å². The quantitative estimate of drug-likeness (QED) is 0.750. The predicted molar refractivity (Wildman–Crippen MR) is 112 cm³/mol. The Labute approximate surface area is 174 Å². The van der Waals surface area contributed by atoms with Gasteiger partial charge in [-0.3, -0.25) is 4.90 Å². The van der Waals surface area contributed by atoms with Crippen molar-refractivity contribution < 1.29 is 19.0 Å². The van der Waals surface area contributed by atoms with Crippen molar-refractivity contribution in [2.24, 2.45) is 0 Å². The van der Waals surface area contributed by atoms with E-state index in [4.69, 9.17) is 14.2 Å². The third-order valence-electron chi connectivity index (χ3n) is 5.84. The molecule has 1 aromatic rings. The minimum Gasteiger partial charge on any atom is -0.445 e. The Hall–Kier alpha value is -1.67. The summed E-state index contributed by atoms with van der Waals surface area (Å²) in [5.74, 6) is 0. The topological polar surface area (TPSA) is 63.3 Å². The summed E-state index contributed by atoms with van der Waals surface area (Å²) in [6, 6.07) is 9.89. The van der Waals surface area contributed by atoms with E-state index in [1.165, 1.54) is 0 Å². The zero-order valence-corrected chi connectivity index (χ0v) is 17.9. The number of carbonyl (C=O) groups excluding carboxylic acids is 1. The number of ether oxygens (including phenoxy) is 3. The molecule has 2 heterocycles. The number of nitrogens with zero attached hydrogens (tertiary/aromatic N) is 2. The molecule has 2 saturated heterocycles. The van der Waals surface area contributed by atoms with Gasteiger partial charge in [-0.25, -0.2) is 4.79 Å². The second kappa shape index (κ2) is 10.4. The van der Waals surface area contributed by atoms with Crippen LogP contribution in [0.15, 0.2) is 30.3 Å². The molecule has 2 aliphatic rings. The summed E-state index contributed by atoms with van der Waals surface area (Å²) >= 11 is 0. The van der Waals surface area contributed by atoms with Gasteiger partial charge in [-0.05, 0) is 26.3 Å². The molecule has 29 heavy (non-hydrogen) atoms. The second-order valence-electron chi connectivity index (χ2n) is 8.48. The molecule has 2 aliphatic heterocycles. The zero-order valence-electron chi connectivity index (χ0n) is 17.9. The van der Waals surface area contributed by atoms with Gasteiger partial charge in [0.05, 0.1) is 32.5 Å². The summed E-state index contributed by atoms with van der Waals surface area (Å²) in [4.78, 5) is 16.7. The van der Waals surface area contributed by atoms with Gasteiger partial charge in [-0.1, -0.05) is 30.3 Å². The molecule has 0 radical (unpaired) electrons. The van der Waals surface area contributed by atoms with Crippen LogP contribution in [0.3, 0.4) is 0 Å². The van der Waals surface area contributed by atoms with Gasteiger partial charge in [0, 0.05) is 37.8 Å². The highest BCUT2D eigenvalue weighted by Crippen LogP contribution is 2.17. The average Bonchev–Trinajstić information content (AvgIpc) is 2.77. The van der Waals surface area contributed by atoms with Crippen LogP contribution in [0.1, 0.15) is 26.3 Å². The fourth-order valence-electron chi connectivity index (χ4n) is 3.78. The van der Waals surface area contributed by atoms with E-state index in [2.05, 4.69) is 31.0 Å². The molecule has 7 nitrogen and oxygen atoms in total. The van der Waals surface area contributed by atoms with Crippen molar-refractivity contribution in [1.82, 2.24) is 15.1 Å². The Kier molecular flexibility index (Phi) is 7.89. The summed E-state index contributed by atoms with van der Waals surface area (Å²) in [6.07, 6.45) is -0.323. The molecule has 3 rings (SSSR count). The highest BCUT2D eigenvalue weighted by molar-refractivity contribution is 5.67. The Morgan fingerprint density at radius 1 is 1.21 bits per heavy atom. The number of morpholine rings is 2. The van der Waals surface area contributed by atoms with Crippen molar-refractivity contribution in [2.45, 2.75) is 45.1 Å². The first-order chi connectivity index (χ1) is 14.0. The maximum atomic E-state index is 12.5. The predicted octanol–water partition coefficient (Wildman–Crippen LogP) is 2.11. The van der Waals surface area contributed by atoms with E-state index < -0.39 is 0 Å². The van der Waals surface area contributed by atoms with E-state index in [1.807, 2.05) is 30.3 Å². The Balaban J connectivity index is 1.44. The van der Waals surface area contributed by atoms with Crippen LogP contribution in [-0.2, 0) is 20.8 Å². The Bertz CT molecular complexity index is 634. The van der Waals surface area contributed by atoms with Crippen LogP contribution < -0.4 is 5.32 Å². The van der Waals surface area contributed by atoms with E-state index in [1.54, 1.807) is 4.90 Å². The summed E-state index contributed by atoms with van der Waals surface area (Å²) in [5, 5.41) is 3.62. The summed E-state index contributed by atoms with van der Waals surface area (Å²) in [6.45, 7) is 12.9. The van der Waals surface area contributed by atoms with Crippen LogP contribution in [-0.4, -0.2) is 86.1 Å². The molecule has 1 amide bonds. The molecular weight excluding hydrogens is 370 g/mol. The van der Waals surface area contributed by atoms with Gasteiger partial charge in [-0.2, -0.15) is 0 Å². The molecular formula is C22H35N3O4. The van der Waals surface area contributed by atoms with Crippen molar-refractivity contribution >= 4 is 6.09 Å². The fourth-order valence-corrected chi connectivity index (χ4v) is 3.78. The van der Waals surface area contributed by atoms with Crippen LogP contribution in [0.2, 0.25) is 0 Å². The lowest BCUT2D eigenvalue weighted by Crippen LogP contribution is -2.58. The molecule has 1 aromatic carbocycles.